The van der Waals surface area contributed by atoms with E-state index in [0.717, 1.165) is 30.1 Å². The third kappa shape index (κ3) is 3.15. The molecule has 1 amide bonds. The van der Waals surface area contributed by atoms with Gasteiger partial charge in [0.25, 0.3) is 5.56 Å². The van der Waals surface area contributed by atoms with Crippen LogP contribution in [0.4, 0.5) is 0 Å². The van der Waals surface area contributed by atoms with E-state index >= 15 is 0 Å². The van der Waals surface area contributed by atoms with E-state index in [9.17, 15) is 9.59 Å². The fourth-order valence-electron chi connectivity index (χ4n) is 3.61. The predicted molar refractivity (Wildman–Crippen MR) is 85.2 cm³/mol. The third-order valence-electron chi connectivity index (χ3n) is 4.87. The zero-order valence-corrected chi connectivity index (χ0v) is 13.8. The summed E-state index contributed by atoms with van der Waals surface area (Å²) in [5, 5.41) is 3.92. The Balaban J connectivity index is 1.67. The van der Waals surface area contributed by atoms with Crippen molar-refractivity contribution in [2.24, 2.45) is 11.8 Å². The summed E-state index contributed by atoms with van der Waals surface area (Å²) in [4.78, 5) is 26.3. The Kier molecular flexibility index (Phi) is 4.73. The molecule has 0 aromatic carbocycles. The highest BCUT2D eigenvalue weighted by Crippen LogP contribution is 2.36. The summed E-state index contributed by atoms with van der Waals surface area (Å²) < 4.78 is 1.09. The zero-order valence-electron chi connectivity index (χ0n) is 12.3. The number of carbonyl (C=O) groups is 1. The van der Waals surface area contributed by atoms with Gasteiger partial charge in [0.2, 0.25) is 5.91 Å². The zero-order chi connectivity index (χ0) is 15.7. The molecule has 0 radical (unpaired) electrons. The minimum atomic E-state index is -0.518. The number of hydrogen-bond acceptors (Lipinski definition) is 3. The largest absolute Gasteiger partial charge is 0.341 e. The van der Waals surface area contributed by atoms with Gasteiger partial charge in [-0.15, -0.1) is 0 Å². The molecule has 2 aliphatic rings. The van der Waals surface area contributed by atoms with Crippen LogP contribution >= 0.6 is 23.2 Å². The van der Waals surface area contributed by atoms with Crippen LogP contribution in [0.15, 0.2) is 11.0 Å². The van der Waals surface area contributed by atoms with Crippen LogP contribution in [-0.4, -0.2) is 33.7 Å². The molecule has 0 unspecified atom stereocenters. The van der Waals surface area contributed by atoms with Crippen molar-refractivity contribution in [3.05, 3.63) is 26.6 Å². The first-order valence-corrected chi connectivity index (χ1v) is 8.50. The summed E-state index contributed by atoms with van der Waals surface area (Å²) in [7, 11) is 0. The second-order valence-electron chi connectivity index (χ2n) is 6.20. The molecule has 7 heteroatoms. The molecule has 120 valence electrons. The molecule has 22 heavy (non-hydrogen) atoms. The molecule has 2 heterocycles. The van der Waals surface area contributed by atoms with Gasteiger partial charge in [0.05, 0.1) is 11.2 Å². The smallest absolute Gasteiger partial charge is 0.287 e. The van der Waals surface area contributed by atoms with Crippen molar-refractivity contribution >= 4 is 29.1 Å². The summed E-state index contributed by atoms with van der Waals surface area (Å²) in [6.07, 6.45) is 7.45. The van der Waals surface area contributed by atoms with E-state index in [4.69, 9.17) is 23.2 Å². The lowest BCUT2D eigenvalue weighted by molar-refractivity contribution is -0.135. The van der Waals surface area contributed by atoms with Crippen LogP contribution in [0.1, 0.15) is 32.1 Å². The van der Waals surface area contributed by atoms with Crippen LogP contribution in [0.25, 0.3) is 0 Å². The maximum atomic E-state index is 12.4. The van der Waals surface area contributed by atoms with Gasteiger partial charge in [-0.05, 0) is 24.7 Å². The Morgan fingerprint density at radius 1 is 1.23 bits per heavy atom. The summed E-state index contributed by atoms with van der Waals surface area (Å²) in [5.41, 5.74) is -0.518. The average molecular weight is 344 g/mol. The van der Waals surface area contributed by atoms with E-state index in [1.165, 1.54) is 31.9 Å². The molecule has 0 N–H and O–H groups in total. The maximum absolute atomic E-state index is 12.4. The quantitative estimate of drug-likeness (QED) is 0.829. The lowest BCUT2D eigenvalue weighted by Crippen LogP contribution is -2.46. The molecule has 2 fully saturated rings. The van der Waals surface area contributed by atoms with Crippen molar-refractivity contribution in [2.45, 2.75) is 38.6 Å². The minimum absolute atomic E-state index is 0.0722. The molecule has 2 atom stereocenters. The van der Waals surface area contributed by atoms with E-state index in [1.54, 1.807) is 0 Å². The first-order chi connectivity index (χ1) is 10.6. The highest BCUT2D eigenvalue weighted by molar-refractivity contribution is 6.41. The Morgan fingerprint density at radius 2 is 1.95 bits per heavy atom. The van der Waals surface area contributed by atoms with Gasteiger partial charge < -0.3 is 4.90 Å². The second kappa shape index (κ2) is 6.59. The molecule has 0 bridgehead atoms. The fraction of sp³-hybridized carbons (Fsp3) is 0.667. The first-order valence-electron chi connectivity index (χ1n) is 7.75. The van der Waals surface area contributed by atoms with Gasteiger partial charge in [-0.25, -0.2) is 4.68 Å². The Hall–Kier alpha value is -1.07. The van der Waals surface area contributed by atoms with Crippen LogP contribution in [0.2, 0.25) is 10.0 Å². The van der Waals surface area contributed by atoms with Crippen LogP contribution in [0.3, 0.4) is 0 Å². The number of halogens is 2. The lowest BCUT2D eigenvalue weighted by atomic mass is 9.75. The van der Waals surface area contributed by atoms with Crippen molar-refractivity contribution in [3.8, 4) is 0 Å². The van der Waals surface area contributed by atoms with Gasteiger partial charge in [0, 0.05) is 13.1 Å². The van der Waals surface area contributed by atoms with E-state index in [2.05, 4.69) is 5.10 Å². The van der Waals surface area contributed by atoms with Gasteiger partial charge >= 0.3 is 0 Å². The molecule has 5 nitrogen and oxygen atoms in total. The molecule has 1 saturated heterocycles. The molecule has 1 saturated carbocycles. The van der Waals surface area contributed by atoms with Crippen molar-refractivity contribution in [2.75, 3.05) is 13.1 Å². The van der Waals surface area contributed by atoms with E-state index in [1.807, 2.05) is 4.90 Å². The summed E-state index contributed by atoms with van der Waals surface area (Å²) in [5.74, 6) is 1.31. The topological polar surface area (TPSA) is 55.2 Å². The number of nitrogens with zero attached hydrogens (tertiary/aromatic N) is 3. The number of rotatable bonds is 2. The normalized spacial score (nSPS) is 24.9. The fourth-order valence-corrected chi connectivity index (χ4v) is 3.88. The number of fused-ring (bicyclic) bond motifs is 1. The molecule has 1 aromatic heterocycles. The molecular formula is C15H19Cl2N3O2. The number of likely N-dealkylation sites (tertiary alicyclic amines) is 1. The maximum Gasteiger partial charge on any atom is 0.287 e. The minimum Gasteiger partial charge on any atom is -0.341 e. The van der Waals surface area contributed by atoms with Gasteiger partial charge in [-0.3, -0.25) is 9.59 Å². The van der Waals surface area contributed by atoms with Crippen molar-refractivity contribution in [1.29, 1.82) is 0 Å². The molecule has 1 aromatic rings. The molecule has 1 aliphatic carbocycles. The highest BCUT2D eigenvalue weighted by Gasteiger charge is 2.33. The highest BCUT2D eigenvalue weighted by atomic mass is 35.5. The SMILES string of the molecule is O=C(Cn1ncc(Cl)c(Cl)c1=O)N1CC[C@H]2CCCC[C@H]2C1. The Labute approximate surface area is 139 Å². The summed E-state index contributed by atoms with van der Waals surface area (Å²) in [6.45, 7) is 1.50. The number of hydrogen-bond donors (Lipinski definition) is 0. The molecule has 1 aliphatic heterocycles. The summed E-state index contributed by atoms with van der Waals surface area (Å²) in [6, 6.07) is 0. The first kappa shape index (κ1) is 15.8. The second-order valence-corrected chi connectivity index (χ2v) is 6.99. The Morgan fingerprint density at radius 3 is 2.73 bits per heavy atom. The van der Waals surface area contributed by atoms with E-state index < -0.39 is 5.56 Å². The van der Waals surface area contributed by atoms with Crippen LogP contribution in [0, 0.1) is 11.8 Å². The monoisotopic (exact) mass is 343 g/mol. The van der Waals surface area contributed by atoms with E-state index in [-0.39, 0.29) is 22.5 Å². The van der Waals surface area contributed by atoms with Gasteiger partial charge in [0.15, 0.2) is 0 Å². The van der Waals surface area contributed by atoms with E-state index in [0.29, 0.717) is 5.92 Å². The molecule has 3 rings (SSSR count). The molecular weight excluding hydrogens is 325 g/mol. The molecule has 0 spiro atoms. The average Bonchev–Trinajstić information content (AvgIpc) is 2.55. The number of piperidine rings is 1. The van der Waals surface area contributed by atoms with Crippen molar-refractivity contribution in [3.63, 3.8) is 0 Å². The van der Waals surface area contributed by atoms with Crippen molar-refractivity contribution in [1.82, 2.24) is 14.7 Å². The predicted octanol–water partition coefficient (Wildman–Crippen LogP) is 2.59. The van der Waals surface area contributed by atoms with Crippen LogP contribution in [-0.2, 0) is 11.3 Å². The standard InChI is InChI=1S/C15H19Cl2N3O2/c16-12-7-18-20(15(22)14(12)17)9-13(21)19-6-5-10-3-1-2-4-11(10)8-19/h7,10-11H,1-6,8-9H2/t10-,11+/m1/s1. The van der Waals surface area contributed by atoms with Gasteiger partial charge in [-0.1, -0.05) is 42.5 Å². The van der Waals surface area contributed by atoms with Gasteiger partial charge in [-0.2, -0.15) is 5.10 Å². The lowest BCUT2D eigenvalue weighted by Gasteiger charge is -2.41. The van der Waals surface area contributed by atoms with Crippen LogP contribution in [0.5, 0.6) is 0 Å². The summed E-state index contributed by atoms with van der Waals surface area (Å²) >= 11 is 11.6. The van der Waals surface area contributed by atoms with Crippen molar-refractivity contribution < 1.29 is 4.79 Å². The number of aromatic nitrogens is 2. The number of carbonyl (C=O) groups excluding carboxylic acids is 1. The van der Waals surface area contributed by atoms with Gasteiger partial charge in [0.1, 0.15) is 11.6 Å². The Bertz CT molecular complexity index is 632. The number of amides is 1. The van der Waals surface area contributed by atoms with Crippen LogP contribution < -0.4 is 5.56 Å². The third-order valence-corrected chi connectivity index (χ3v) is 5.62.